The van der Waals surface area contributed by atoms with Crippen LogP contribution in [0.1, 0.15) is 19.8 Å². The minimum Gasteiger partial charge on any atom is -0.380 e. The molecule has 1 aliphatic heterocycles. The number of terminal acetylenes is 1. The molecule has 0 saturated carbocycles. The van der Waals surface area contributed by atoms with Crippen molar-refractivity contribution in [3.8, 4) is 12.3 Å². The number of hydrogen-bond acceptors (Lipinski definition) is 2. The van der Waals surface area contributed by atoms with Crippen LogP contribution in [0, 0.1) is 18.3 Å². The van der Waals surface area contributed by atoms with Crippen molar-refractivity contribution < 1.29 is 9.90 Å². The van der Waals surface area contributed by atoms with E-state index in [1.54, 1.807) is 11.8 Å². The van der Waals surface area contributed by atoms with Gasteiger partial charge in [-0.15, -0.1) is 6.42 Å². The summed E-state index contributed by atoms with van der Waals surface area (Å²) >= 11 is 0. The molecule has 1 atom stereocenters. The van der Waals surface area contributed by atoms with Gasteiger partial charge in [0.15, 0.2) is 0 Å². The highest BCUT2D eigenvalue weighted by Crippen LogP contribution is 2.20. The summed E-state index contributed by atoms with van der Waals surface area (Å²) in [6.45, 7) is 3.01. The van der Waals surface area contributed by atoms with Crippen LogP contribution in [0.3, 0.4) is 0 Å². The van der Waals surface area contributed by atoms with Gasteiger partial charge in [-0.3, -0.25) is 4.79 Å². The maximum absolute atomic E-state index is 11.0. The summed E-state index contributed by atoms with van der Waals surface area (Å²) < 4.78 is 0. The van der Waals surface area contributed by atoms with Crippen molar-refractivity contribution in [3.05, 3.63) is 0 Å². The Bertz CT molecular complexity index is 224. The second-order valence-electron chi connectivity index (χ2n) is 3.46. The van der Waals surface area contributed by atoms with Crippen molar-refractivity contribution in [1.82, 2.24) is 4.90 Å². The molecule has 1 heterocycles. The van der Waals surface area contributed by atoms with Crippen LogP contribution in [-0.2, 0) is 4.79 Å². The van der Waals surface area contributed by atoms with Gasteiger partial charge in [0.2, 0.25) is 5.91 Å². The van der Waals surface area contributed by atoms with Crippen LogP contribution in [0.2, 0.25) is 0 Å². The van der Waals surface area contributed by atoms with Crippen molar-refractivity contribution in [2.75, 3.05) is 13.1 Å². The molecule has 1 fully saturated rings. The number of carbonyl (C=O) groups excluding carboxylic acids is 1. The van der Waals surface area contributed by atoms with Crippen molar-refractivity contribution >= 4 is 5.91 Å². The summed E-state index contributed by atoms with van der Waals surface area (Å²) in [6.07, 6.45) is 6.09. The number of hydrogen-bond donors (Lipinski definition) is 1. The van der Waals surface area contributed by atoms with Gasteiger partial charge in [0.05, 0.1) is 0 Å². The molecule has 0 radical (unpaired) electrons. The number of piperidine rings is 1. The van der Waals surface area contributed by atoms with E-state index in [4.69, 9.17) is 6.42 Å². The van der Waals surface area contributed by atoms with E-state index < -0.39 is 6.10 Å². The summed E-state index contributed by atoms with van der Waals surface area (Å²) in [5.74, 6) is 2.60. The van der Waals surface area contributed by atoms with Gasteiger partial charge < -0.3 is 10.0 Å². The summed E-state index contributed by atoms with van der Waals surface area (Å²) in [4.78, 5) is 12.8. The lowest BCUT2D eigenvalue weighted by molar-refractivity contribution is -0.130. The molecule has 1 N–H and O–H groups in total. The Balaban J connectivity index is 2.40. The fourth-order valence-electron chi connectivity index (χ4n) is 1.67. The monoisotopic (exact) mass is 181 g/mol. The van der Waals surface area contributed by atoms with Crippen molar-refractivity contribution in [2.24, 2.45) is 5.92 Å². The molecule has 72 valence electrons. The lowest BCUT2D eigenvalue weighted by atomic mass is 9.92. The SMILES string of the molecule is C#C[C@H](O)C1CCN(C(C)=O)CC1. The topological polar surface area (TPSA) is 40.5 Å². The van der Waals surface area contributed by atoms with Crippen LogP contribution in [0.5, 0.6) is 0 Å². The van der Waals surface area contributed by atoms with Crippen LogP contribution in [0.25, 0.3) is 0 Å². The van der Waals surface area contributed by atoms with Gasteiger partial charge in [-0.1, -0.05) is 5.92 Å². The normalized spacial score (nSPS) is 20.8. The van der Waals surface area contributed by atoms with Crippen molar-refractivity contribution in [2.45, 2.75) is 25.9 Å². The van der Waals surface area contributed by atoms with Gasteiger partial charge in [-0.05, 0) is 18.8 Å². The van der Waals surface area contributed by atoms with E-state index in [0.717, 1.165) is 25.9 Å². The first-order chi connectivity index (χ1) is 6.15. The van der Waals surface area contributed by atoms with Gasteiger partial charge in [-0.25, -0.2) is 0 Å². The van der Waals surface area contributed by atoms with Gasteiger partial charge in [-0.2, -0.15) is 0 Å². The smallest absolute Gasteiger partial charge is 0.219 e. The third kappa shape index (κ3) is 2.46. The number of aliphatic hydroxyl groups excluding tert-OH is 1. The zero-order valence-corrected chi connectivity index (χ0v) is 7.86. The lowest BCUT2D eigenvalue weighted by Gasteiger charge is -2.32. The summed E-state index contributed by atoms with van der Waals surface area (Å²) in [5.41, 5.74) is 0. The Morgan fingerprint density at radius 2 is 2.15 bits per heavy atom. The van der Waals surface area contributed by atoms with E-state index in [9.17, 15) is 9.90 Å². The lowest BCUT2D eigenvalue weighted by Crippen LogP contribution is -2.39. The van der Waals surface area contributed by atoms with Gasteiger partial charge in [0.1, 0.15) is 6.10 Å². The Morgan fingerprint density at radius 3 is 2.54 bits per heavy atom. The average molecular weight is 181 g/mol. The van der Waals surface area contributed by atoms with E-state index in [1.165, 1.54) is 0 Å². The van der Waals surface area contributed by atoms with Crippen LogP contribution >= 0.6 is 0 Å². The molecule has 1 rings (SSSR count). The molecule has 0 aromatic heterocycles. The molecule has 0 unspecified atom stereocenters. The summed E-state index contributed by atoms with van der Waals surface area (Å²) in [7, 11) is 0. The molecule has 0 aromatic rings. The van der Waals surface area contributed by atoms with Crippen molar-refractivity contribution in [1.29, 1.82) is 0 Å². The molecule has 1 amide bonds. The first kappa shape index (κ1) is 10.1. The predicted molar refractivity (Wildman–Crippen MR) is 49.8 cm³/mol. The van der Waals surface area contributed by atoms with Crippen LogP contribution in [-0.4, -0.2) is 35.1 Å². The van der Waals surface area contributed by atoms with Gasteiger partial charge in [0.25, 0.3) is 0 Å². The molecule has 0 aromatic carbocycles. The fraction of sp³-hybridized carbons (Fsp3) is 0.700. The zero-order valence-electron chi connectivity index (χ0n) is 7.86. The molecule has 3 nitrogen and oxygen atoms in total. The minimum atomic E-state index is -0.644. The second-order valence-corrected chi connectivity index (χ2v) is 3.46. The second kappa shape index (κ2) is 4.29. The highest BCUT2D eigenvalue weighted by Gasteiger charge is 2.24. The minimum absolute atomic E-state index is 0.105. The largest absolute Gasteiger partial charge is 0.380 e. The molecular formula is C10H15NO2. The van der Waals surface area contributed by atoms with Gasteiger partial charge in [0, 0.05) is 20.0 Å². The number of rotatable bonds is 1. The van der Waals surface area contributed by atoms with E-state index in [0.29, 0.717) is 0 Å². The van der Waals surface area contributed by atoms with E-state index in [1.807, 2.05) is 0 Å². The Labute approximate surface area is 78.7 Å². The molecule has 1 saturated heterocycles. The van der Waals surface area contributed by atoms with Crippen LogP contribution in [0.4, 0.5) is 0 Å². The number of carbonyl (C=O) groups is 1. The highest BCUT2D eigenvalue weighted by molar-refractivity contribution is 5.73. The standard InChI is InChI=1S/C10H15NO2/c1-3-10(13)9-4-6-11(7-5-9)8(2)12/h1,9-10,13H,4-7H2,2H3/t10-/m0/s1. The quantitative estimate of drug-likeness (QED) is 0.589. The first-order valence-corrected chi connectivity index (χ1v) is 4.55. The zero-order chi connectivity index (χ0) is 9.84. The molecule has 13 heavy (non-hydrogen) atoms. The third-order valence-corrected chi connectivity index (χ3v) is 2.60. The van der Waals surface area contributed by atoms with E-state index in [2.05, 4.69) is 5.92 Å². The maximum Gasteiger partial charge on any atom is 0.219 e. The van der Waals surface area contributed by atoms with Crippen LogP contribution < -0.4 is 0 Å². The van der Waals surface area contributed by atoms with Gasteiger partial charge >= 0.3 is 0 Å². The molecule has 3 heteroatoms. The Hall–Kier alpha value is -1.01. The summed E-state index contributed by atoms with van der Waals surface area (Å²) in [5, 5.41) is 9.37. The molecule has 0 bridgehead atoms. The maximum atomic E-state index is 11.0. The van der Waals surface area contributed by atoms with Crippen LogP contribution in [0.15, 0.2) is 0 Å². The molecule has 1 aliphatic rings. The molecule has 0 spiro atoms. The number of amides is 1. The third-order valence-electron chi connectivity index (χ3n) is 2.60. The Kier molecular flexibility index (Phi) is 3.32. The predicted octanol–water partition coefficient (Wildman–Crippen LogP) is 0.239. The van der Waals surface area contributed by atoms with Crippen molar-refractivity contribution in [3.63, 3.8) is 0 Å². The van der Waals surface area contributed by atoms with E-state index >= 15 is 0 Å². The summed E-state index contributed by atoms with van der Waals surface area (Å²) in [6, 6.07) is 0. The molecular weight excluding hydrogens is 166 g/mol. The molecule has 0 aliphatic carbocycles. The first-order valence-electron chi connectivity index (χ1n) is 4.55. The van der Waals surface area contributed by atoms with E-state index in [-0.39, 0.29) is 11.8 Å². The number of likely N-dealkylation sites (tertiary alicyclic amines) is 1. The Morgan fingerprint density at radius 1 is 1.62 bits per heavy atom. The number of nitrogens with zero attached hydrogens (tertiary/aromatic N) is 1. The number of aliphatic hydroxyl groups is 1. The average Bonchev–Trinajstić information content (AvgIpc) is 2.17. The fourth-order valence-corrected chi connectivity index (χ4v) is 1.67. The highest BCUT2D eigenvalue weighted by atomic mass is 16.3.